The van der Waals surface area contributed by atoms with Gasteiger partial charge in [-0.3, -0.25) is 4.99 Å². The Morgan fingerprint density at radius 2 is 2.22 bits per heavy atom. The van der Waals surface area contributed by atoms with Crippen LogP contribution in [0.2, 0.25) is 0 Å². The van der Waals surface area contributed by atoms with E-state index in [0.717, 1.165) is 35.7 Å². The highest BCUT2D eigenvalue weighted by Crippen LogP contribution is 2.29. The van der Waals surface area contributed by atoms with Crippen LogP contribution in [0.5, 0.6) is 0 Å². The van der Waals surface area contributed by atoms with Gasteiger partial charge in [0.25, 0.3) is 0 Å². The van der Waals surface area contributed by atoms with Crippen molar-refractivity contribution in [2.24, 2.45) is 4.99 Å². The Hall–Kier alpha value is 0.660. The topological polar surface area (TPSA) is 56.7 Å². The molecule has 23 heavy (non-hydrogen) atoms. The lowest BCUT2D eigenvalue weighted by Crippen LogP contribution is -2.46. The summed E-state index contributed by atoms with van der Waals surface area (Å²) >= 11 is 3.91. The van der Waals surface area contributed by atoms with E-state index in [-0.39, 0.29) is 24.0 Å². The van der Waals surface area contributed by atoms with Crippen LogP contribution in [-0.2, 0) is 0 Å². The molecule has 0 aromatic carbocycles. The van der Waals surface area contributed by atoms with Gasteiger partial charge in [-0.05, 0) is 44.1 Å². The van der Waals surface area contributed by atoms with Gasteiger partial charge in [0.15, 0.2) is 5.96 Å². The first-order valence-electron chi connectivity index (χ1n) is 8.62. The highest BCUT2D eigenvalue weighted by molar-refractivity contribution is 14.0. The highest BCUT2D eigenvalue weighted by atomic mass is 127. The summed E-state index contributed by atoms with van der Waals surface area (Å²) in [4.78, 5) is 4.66. The summed E-state index contributed by atoms with van der Waals surface area (Å²) in [6.07, 6.45) is 5.96. The van der Waals surface area contributed by atoms with Gasteiger partial charge in [-0.1, -0.05) is 13.3 Å². The van der Waals surface area contributed by atoms with E-state index < -0.39 is 5.60 Å². The third kappa shape index (κ3) is 7.61. The summed E-state index contributed by atoms with van der Waals surface area (Å²) in [7, 11) is 0. The second kappa shape index (κ2) is 11.3. The van der Waals surface area contributed by atoms with E-state index >= 15 is 0 Å². The monoisotopic (exact) mass is 473 g/mol. The lowest BCUT2D eigenvalue weighted by Gasteiger charge is -2.30. The third-order valence-corrected chi connectivity index (χ3v) is 6.79. The van der Waals surface area contributed by atoms with Gasteiger partial charge in [-0.25, -0.2) is 0 Å². The van der Waals surface area contributed by atoms with E-state index in [4.69, 9.17) is 0 Å². The van der Waals surface area contributed by atoms with Crippen molar-refractivity contribution in [2.75, 3.05) is 30.3 Å². The molecule has 1 saturated carbocycles. The van der Waals surface area contributed by atoms with Crippen molar-refractivity contribution < 1.29 is 5.11 Å². The second-order valence-electron chi connectivity index (χ2n) is 6.31. The van der Waals surface area contributed by atoms with Gasteiger partial charge in [-0.2, -0.15) is 23.5 Å². The molecular formula is C16H32IN3OS2. The largest absolute Gasteiger partial charge is 0.387 e. The number of nitrogens with one attached hydrogen (secondary N) is 2. The van der Waals surface area contributed by atoms with Gasteiger partial charge in [0.2, 0.25) is 0 Å². The highest BCUT2D eigenvalue weighted by Gasteiger charge is 2.31. The predicted octanol–water partition coefficient (Wildman–Crippen LogP) is 3.09. The first kappa shape index (κ1) is 21.7. The molecule has 0 spiro atoms. The van der Waals surface area contributed by atoms with Crippen molar-refractivity contribution in [1.82, 2.24) is 10.6 Å². The molecule has 0 aromatic rings. The van der Waals surface area contributed by atoms with Crippen molar-refractivity contribution in [3.63, 3.8) is 0 Å². The number of nitrogens with zero attached hydrogens (tertiary/aromatic N) is 1. The van der Waals surface area contributed by atoms with E-state index in [1.807, 2.05) is 11.8 Å². The lowest BCUT2D eigenvalue weighted by atomic mass is 9.95. The maximum atomic E-state index is 10.4. The van der Waals surface area contributed by atoms with E-state index in [2.05, 4.69) is 41.2 Å². The molecule has 1 aliphatic carbocycles. The minimum absolute atomic E-state index is 0. The summed E-state index contributed by atoms with van der Waals surface area (Å²) in [5, 5.41) is 18.2. The summed E-state index contributed by atoms with van der Waals surface area (Å²) in [6.45, 7) is 5.70. The first-order chi connectivity index (χ1) is 10.6. The molecule has 1 aliphatic heterocycles. The Kier molecular flexibility index (Phi) is 10.7. The molecule has 4 nitrogen and oxygen atoms in total. The number of guanidine groups is 1. The Labute approximate surface area is 166 Å². The number of rotatable bonds is 6. The normalized spacial score (nSPS) is 31.5. The average Bonchev–Trinajstić information content (AvgIpc) is 2.93. The molecule has 2 aliphatic rings. The first-order valence-corrected chi connectivity index (χ1v) is 10.8. The molecule has 136 valence electrons. The molecule has 1 heterocycles. The molecule has 0 bridgehead atoms. The molecule has 3 unspecified atom stereocenters. The molecule has 1 saturated heterocycles. The third-order valence-electron chi connectivity index (χ3n) is 4.33. The van der Waals surface area contributed by atoms with Crippen LogP contribution in [0, 0.1) is 0 Å². The summed E-state index contributed by atoms with van der Waals surface area (Å²) < 4.78 is 0. The Bertz CT molecular complexity index is 363. The number of hydrogen-bond donors (Lipinski definition) is 3. The molecular weight excluding hydrogens is 441 g/mol. The van der Waals surface area contributed by atoms with Crippen molar-refractivity contribution in [2.45, 2.75) is 62.8 Å². The van der Waals surface area contributed by atoms with Crippen LogP contribution >= 0.6 is 47.5 Å². The molecule has 7 heteroatoms. The smallest absolute Gasteiger partial charge is 0.191 e. The van der Waals surface area contributed by atoms with Gasteiger partial charge < -0.3 is 15.7 Å². The van der Waals surface area contributed by atoms with Crippen LogP contribution in [0.1, 0.15) is 46.0 Å². The molecule has 3 atom stereocenters. The SMILES string of the molecule is CCNC(=NCC1(O)CCSC1)NC1CCCC(SCC)C1.I. The Morgan fingerprint density at radius 1 is 1.39 bits per heavy atom. The molecule has 2 fully saturated rings. The van der Waals surface area contributed by atoms with Crippen LogP contribution in [0.15, 0.2) is 4.99 Å². The number of thioether (sulfide) groups is 2. The van der Waals surface area contributed by atoms with Gasteiger partial charge >= 0.3 is 0 Å². The maximum Gasteiger partial charge on any atom is 0.191 e. The molecule has 0 amide bonds. The minimum Gasteiger partial charge on any atom is -0.387 e. The lowest BCUT2D eigenvalue weighted by molar-refractivity contribution is 0.0778. The van der Waals surface area contributed by atoms with E-state index in [1.54, 1.807) is 0 Å². The van der Waals surface area contributed by atoms with Crippen LogP contribution < -0.4 is 10.6 Å². The van der Waals surface area contributed by atoms with Gasteiger partial charge in [-0.15, -0.1) is 24.0 Å². The summed E-state index contributed by atoms with van der Waals surface area (Å²) in [6, 6.07) is 0.517. The number of hydrogen-bond acceptors (Lipinski definition) is 4. The van der Waals surface area contributed by atoms with Crippen molar-refractivity contribution in [1.29, 1.82) is 0 Å². The zero-order chi connectivity index (χ0) is 15.8. The molecule has 3 N–H and O–H groups in total. The van der Waals surface area contributed by atoms with Gasteiger partial charge in [0.1, 0.15) is 0 Å². The molecule has 0 radical (unpaired) electrons. The van der Waals surface area contributed by atoms with Crippen molar-refractivity contribution in [3.05, 3.63) is 0 Å². The standard InChI is InChI=1S/C16H31N3OS2.HI/c1-3-17-15(18-11-16(20)8-9-21-12-16)19-13-6-5-7-14(10-13)22-4-2;/h13-14,20H,3-12H2,1-2H3,(H2,17,18,19);1H. The average molecular weight is 473 g/mol. The quantitative estimate of drug-likeness (QED) is 0.315. The fourth-order valence-corrected chi connectivity index (χ4v) is 5.58. The number of aliphatic hydroxyl groups is 1. The second-order valence-corrected chi connectivity index (χ2v) is 8.99. The number of aliphatic imine (C=N–C) groups is 1. The zero-order valence-corrected chi connectivity index (χ0v) is 18.3. The van der Waals surface area contributed by atoms with Gasteiger partial charge in [0.05, 0.1) is 12.1 Å². The zero-order valence-electron chi connectivity index (χ0n) is 14.3. The fraction of sp³-hybridized carbons (Fsp3) is 0.938. The maximum absolute atomic E-state index is 10.4. The Morgan fingerprint density at radius 3 is 2.87 bits per heavy atom. The van der Waals surface area contributed by atoms with Gasteiger partial charge in [0, 0.05) is 23.6 Å². The van der Waals surface area contributed by atoms with Crippen LogP contribution in [-0.4, -0.2) is 58.3 Å². The molecule has 2 rings (SSSR count). The van der Waals surface area contributed by atoms with Crippen molar-refractivity contribution in [3.8, 4) is 0 Å². The fourth-order valence-electron chi connectivity index (χ4n) is 3.12. The van der Waals surface area contributed by atoms with E-state index in [0.29, 0.717) is 12.6 Å². The Balaban J connectivity index is 0.00000264. The van der Waals surface area contributed by atoms with Crippen molar-refractivity contribution >= 4 is 53.5 Å². The van der Waals surface area contributed by atoms with Crippen LogP contribution in [0.3, 0.4) is 0 Å². The van der Waals surface area contributed by atoms with E-state index in [1.165, 1.54) is 31.4 Å². The number of halogens is 1. The summed E-state index contributed by atoms with van der Waals surface area (Å²) in [5.74, 6) is 3.94. The minimum atomic E-state index is -0.597. The summed E-state index contributed by atoms with van der Waals surface area (Å²) in [5.41, 5.74) is -0.597. The van der Waals surface area contributed by atoms with Crippen LogP contribution in [0.25, 0.3) is 0 Å². The van der Waals surface area contributed by atoms with Crippen LogP contribution in [0.4, 0.5) is 0 Å². The predicted molar refractivity (Wildman–Crippen MR) is 116 cm³/mol. The van der Waals surface area contributed by atoms with E-state index in [9.17, 15) is 5.11 Å². The molecule has 0 aromatic heterocycles.